The van der Waals surface area contributed by atoms with E-state index in [1.165, 1.54) is 5.56 Å². The second-order valence-electron chi connectivity index (χ2n) is 6.15. The predicted octanol–water partition coefficient (Wildman–Crippen LogP) is 2.95. The SMILES string of the molecule is Cc1cc(C)n2cc(CNC(CCCO)c3ccccc3)nc2n1. The van der Waals surface area contributed by atoms with Crippen LogP contribution < -0.4 is 5.32 Å². The molecule has 2 aromatic heterocycles. The molecule has 1 aromatic carbocycles. The van der Waals surface area contributed by atoms with Crippen LogP contribution >= 0.6 is 0 Å². The Bertz CT molecular complexity index is 798. The molecule has 2 heterocycles. The Morgan fingerprint density at radius 1 is 1.17 bits per heavy atom. The molecule has 2 N–H and O–H groups in total. The van der Waals surface area contributed by atoms with E-state index in [4.69, 9.17) is 5.11 Å². The number of aliphatic hydroxyl groups is 1. The van der Waals surface area contributed by atoms with Gasteiger partial charge in [0.1, 0.15) is 0 Å². The van der Waals surface area contributed by atoms with Gasteiger partial charge in [-0.3, -0.25) is 4.40 Å². The Morgan fingerprint density at radius 3 is 2.71 bits per heavy atom. The molecule has 24 heavy (non-hydrogen) atoms. The zero-order chi connectivity index (χ0) is 16.9. The van der Waals surface area contributed by atoms with Crippen molar-refractivity contribution in [2.75, 3.05) is 6.61 Å². The molecule has 0 saturated heterocycles. The maximum absolute atomic E-state index is 9.15. The smallest absolute Gasteiger partial charge is 0.234 e. The second kappa shape index (κ2) is 7.55. The normalized spacial score (nSPS) is 12.6. The lowest BCUT2D eigenvalue weighted by Crippen LogP contribution is -2.21. The van der Waals surface area contributed by atoms with E-state index in [-0.39, 0.29) is 12.6 Å². The monoisotopic (exact) mass is 324 g/mol. The van der Waals surface area contributed by atoms with Crippen LogP contribution in [-0.2, 0) is 6.54 Å². The lowest BCUT2D eigenvalue weighted by Gasteiger charge is -2.18. The molecule has 5 heteroatoms. The van der Waals surface area contributed by atoms with Gasteiger partial charge in [-0.15, -0.1) is 0 Å². The molecule has 126 valence electrons. The number of aromatic nitrogens is 3. The van der Waals surface area contributed by atoms with Gasteiger partial charge in [0.25, 0.3) is 0 Å². The summed E-state index contributed by atoms with van der Waals surface area (Å²) in [7, 11) is 0. The molecule has 0 aliphatic carbocycles. The average molecular weight is 324 g/mol. The summed E-state index contributed by atoms with van der Waals surface area (Å²) in [5, 5.41) is 12.7. The van der Waals surface area contributed by atoms with Crippen LogP contribution in [0.15, 0.2) is 42.6 Å². The fourth-order valence-electron chi connectivity index (χ4n) is 3.00. The van der Waals surface area contributed by atoms with Gasteiger partial charge in [-0.05, 0) is 38.3 Å². The van der Waals surface area contributed by atoms with Crippen molar-refractivity contribution in [2.24, 2.45) is 0 Å². The van der Waals surface area contributed by atoms with Crippen molar-refractivity contribution < 1.29 is 5.11 Å². The van der Waals surface area contributed by atoms with Crippen LogP contribution in [0.3, 0.4) is 0 Å². The van der Waals surface area contributed by atoms with Crippen LogP contribution in [0, 0.1) is 13.8 Å². The molecule has 5 nitrogen and oxygen atoms in total. The summed E-state index contributed by atoms with van der Waals surface area (Å²) < 4.78 is 2.02. The molecule has 3 rings (SSSR count). The Kier molecular flexibility index (Phi) is 5.23. The van der Waals surface area contributed by atoms with Crippen LogP contribution in [0.5, 0.6) is 0 Å². The molecule has 0 spiro atoms. The summed E-state index contributed by atoms with van der Waals surface area (Å²) in [5.41, 5.74) is 4.33. The van der Waals surface area contributed by atoms with E-state index in [0.717, 1.165) is 35.7 Å². The number of imidazole rings is 1. The number of hydrogen-bond donors (Lipinski definition) is 2. The Labute approximate surface area is 142 Å². The zero-order valence-corrected chi connectivity index (χ0v) is 14.2. The van der Waals surface area contributed by atoms with Gasteiger partial charge < -0.3 is 10.4 Å². The number of nitrogens with zero attached hydrogens (tertiary/aromatic N) is 3. The lowest BCUT2D eigenvalue weighted by atomic mass is 10.0. The fraction of sp³-hybridized carbons (Fsp3) is 0.368. The second-order valence-corrected chi connectivity index (χ2v) is 6.15. The highest BCUT2D eigenvalue weighted by atomic mass is 16.2. The van der Waals surface area contributed by atoms with Crippen LogP contribution in [0.4, 0.5) is 0 Å². The summed E-state index contributed by atoms with van der Waals surface area (Å²) >= 11 is 0. The van der Waals surface area contributed by atoms with Gasteiger partial charge >= 0.3 is 0 Å². The van der Waals surface area contributed by atoms with Crippen molar-refractivity contribution >= 4 is 5.78 Å². The maximum atomic E-state index is 9.15. The third-order valence-electron chi connectivity index (χ3n) is 4.19. The molecule has 1 unspecified atom stereocenters. The molecule has 0 aliphatic rings. The van der Waals surface area contributed by atoms with E-state index in [1.54, 1.807) is 0 Å². The largest absolute Gasteiger partial charge is 0.396 e. The first kappa shape index (κ1) is 16.6. The zero-order valence-electron chi connectivity index (χ0n) is 14.2. The summed E-state index contributed by atoms with van der Waals surface area (Å²) in [6.45, 7) is 4.93. The molecule has 0 saturated carbocycles. The highest BCUT2D eigenvalue weighted by Gasteiger charge is 2.12. The average Bonchev–Trinajstić information content (AvgIpc) is 2.99. The Hall–Kier alpha value is -2.24. The first-order valence-corrected chi connectivity index (χ1v) is 8.39. The summed E-state index contributed by atoms with van der Waals surface area (Å²) in [6, 6.07) is 12.6. The minimum absolute atomic E-state index is 0.207. The topological polar surface area (TPSA) is 62.5 Å². The van der Waals surface area contributed by atoms with Crippen molar-refractivity contribution in [2.45, 2.75) is 39.3 Å². The Morgan fingerprint density at radius 2 is 1.96 bits per heavy atom. The van der Waals surface area contributed by atoms with E-state index in [2.05, 4.69) is 40.4 Å². The molecule has 1 atom stereocenters. The number of aryl methyl sites for hydroxylation is 2. The summed E-state index contributed by atoms with van der Waals surface area (Å²) in [6.07, 6.45) is 3.71. The van der Waals surface area contributed by atoms with Gasteiger partial charge in [0.15, 0.2) is 0 Å². The van der Waals surface area contributed by atoms with Gasteiger partial charge in [-0.1, -0.05) is 30.3 Å². The van der Waals surface area contributed by atoms with E-state index in [9.17, 15) is 0 Å². The van der Waals surface area contributed by atoms with E-state index in [1.807, 2.05) is 35.7 Å². The van der Waals surface area contributed by atoms with Crippen molar-refractivity contribution in [3.8, 4) is 0 Å². The molecular formula is C19H24N4O. The highest BCUT2D eigenvalue weighted by molar-refractivity contribution is 5.34. The van der Waals surface area contributed by atoms with Crippen LogP contribution in [0.2, 0.25) is 0 Å². The third-order valence-corrected chi connectivity index (χ3v) is 4.19. The molecule has 0 bridgehead atoms. The Balaban J connectivity index is 1.75. The highest BCUT2D eigenvalue weighted by Crippen LogP contribution is 2.19. The molecule has 0 aliphatic heterocycles. The molecule has 0 radical (unpaired) electrons. The predicted molar refractivity (Wildman–Crippen MR) is 94.8 cm³/mol. The number of nitrogens with one attached hydrogen (secondary N) is 1. The van der Waals surface area contributed by atoms with Gasteiger partial charge in [-0.25, -0.2) is 9.97 Å². The van der Waals surface area contributed by atoms with Gasteiger partial charge in [0.2, 0.25) is 5.78 Å². The van der Waals surface area contributed by atoms with Crippen LogP contribution in [-0.4, -0.2) is 26.1 Å². The standard InChI is InChI=1S/C19H24N4O/c1-14-11-15(2)23-13-17(22-19(23)21-14)12-20-18(9-6-10-24)16-7-4-3-5-8-16/h3-5,7-8,11,13,18,20,24H,6,9-10,12H2,1-2H3. The number of fused-ring (bicyclic) bond motifs is 1. The van der Waals surface area contributed by atoms with Crippen molar-refractivity contribution in [1.82, 2.24) is 19.7 Å². The molecule has 0 amide bonds. The van der Waals surface area contributed by atoms with Crippen molar-refractivity contribution in [1.29, 1.82) is 0 Å². The lowest BCUT2D eigenvalue weighted by molar-refractivity contribution is 0.274. The minimum atomic E-state index is 0.207. The summed E-state index contributed by atoms with van der Waals surface area (Å²) in [4.78, 5) is 9.10. The van der Waals surface area contributed by atoms with Crippen molar-refractivity contribution in [3.05, 3.63) is 65.2 Å². The van der Waals surface area contributed by atoms with E-state index >= 15 is 0 Å². The fourth-order valence-corrected chi connectivity index (χ4v) is 3.00. The van der Waals surface area contributed by atoms with Crippen molar-refractivity contribution in [3.63, 3.8) is 0 Å². The molecule has 3 aromatic rings. The maximum Gasteiger partial charge on any atom is 0.234 e. The molecular weight excluding hydrogens is 300 g/mol. The van der Waals surface area contributed by atoms with Crippen LogP contribution in [0.25, 0.3) is 5.78 Å². The number of hydrogen-bond acceptors (Lipinski definition) is 4. The van der Waals surface area contributed by atoms with Gasteiger partial charge in [0.05, 0.1) is 5.69 Å². The number of benzene rings is 1. The first-order valence-electron chi connectivity index (χ1n) is 8.39. The van der Waals surface area contributed by atoms with Gasteiger partial charge in [-0.2, -0.15) is 0 Å². The molecule has 0 fully saturated rings. The quantitative estimate of drug-likeness (QED) is 0.701. The van der Waals surface area contributed by atoms with Crippen LogP contribution in [0.1, 0.15) is 41.5 Å². The van der Waals surface area contributed by atoms with Gasteiger partial charge in [0, 0.05) is 36.8 Å². The van der Waals surface area contributed by atoms with E-state index in [0.29, 0.717) is 6.54 Å². The number of rotatable bonds is 7. The number of aliphatic hydroxyl groups excluding tert-OH is 1. The third kappa shape index (κ3) is 3.80. The summed E-state index contributed by atoms with van der Waals surface area (Å²) in [5.74, 6) is 0.746. The van der Waals surface area contributed by atoms with E-state index < -0.39 is 0 Å². The minimum Gasteiger partial charge on any atom is -0.396 e. The first-order chi connectivity index (χ1) is 11.7.